The van der Waals surface area contributed by atoms with Crippen LogP contribution in [0.25, 0.3) is 11.3 Å². The number of hydrogen-bond donors (Lipinski definition) is 3. The molecule has 15 heteroatoms. The van der Waals surface area contributed by atoms with Crippen molar-refractivity contribution >= 4 is 35.6 Å². The maximum atomic E-state index is 5.50. The molecule has 0 aliphatic carbocycles. The van der Waals surface area contributed by atoms with Crippen molar-refractivity contribution < 1.29 is 18.9 Å². The molecule has 0 spiro atoms. The van der Waals surface area contributed by atoms with Gasteiger partial charge in [0.15, 0.2) is 11.5 Å². The van der Waals surface area contributed by atoms with Crippen molar-refractivity contribution in [3.63, 3.8) is 0 Å². The lowest BCUT2D eigenvalue weighted by molar-refractivity contribution is 0.0398. The molecule has 1 aromatic carbocycles. The minimum Gasteiger partial charge on any atom is -0.493 e. The van der Waals surface area contributed by atoms with Crippen LogP contribution in [-0.2, 0) is 9.47 Å². The number of thioether (sulfide) groups is 1. The number of ether oxygens (including phenoxy) is 4. The van der Waals surface area contributed by atoms with Crippen molar-refractivity contribution in [3.05, 3.63) is 24.3 Å². The molecule has 2 aromatic heterocycles. The molecule has 14 nitrogen and oxygen atoms in total. The number of nitrogens with zero attached hydrogens (tertiary/aromatic N) is 7. The van der Waals surface area contributed by atoms with Gasteiger partial charge in [-0.25, -0.2) is 9.97 Å². The van der Waals surface area contributed by atoms with Crippen molar-refractivity contribution in [2.24, 2.45) is 0 Å². The fourth-order valence-corrected chi connectivity index (χ4v) is 5.13. The average Bonchev–Trinajstić information content (AvgIpc) is 3.05. The Kier molecular flexibility index (Phi) is 11.4. The third kappa shape index (κ3) is 9.00. The Bertz CT molecular complexity index is 1280. The van der Waals surface area contributed by atoms with E-state index in [1.807, 2.05) is 30.5 Å². The summed E-state index contributed by atoms with van der Waals surface area (Å²) >= 11 is 1.52. The Morgan fingerprint density at radius 1 is 0.721 bits per heavy atom. The smallest absolute Gasteiger partial charge is 0.236 e. The molecule has 4 heterocycles. The lowest BCUT2D eigenvalue weighted by Gasteiger charge is -2.26. The summed E-state index contributed by atoms with van der Waals surface area (Å²) < 4.78 is 21.8. The molecule has 0 atom stereocenters. The number of benzene rings is 1. The molecule has 3 N–H and O–H groups in total. The molecule has 5 rings (SSSR count). The van der Waals surface area contributed by atoms with E-state index in [9.17, 15) is 0 Å². The average molecular weight is 613 g/mol. The van der Waals surface area contributed by atoms with Crippen LogP contribution in [0.1, 0.15) is 0 Å². The standard InChI is InChI=1S/C28H40N10O4S/c1-39-22-5-4-20(18-23(22)40-2)21-19-24(43-3)32-27(31-21)36-28-34-25(29-6-8-37-10-14-41-15-11-37)33-26(35-28)30-7-9-38-12-16-42-17-13-38/h4-5,18-19H,6-17H2,1-3H3,(H3,29,30,31,32,33,34,35,36). The summed E-state index contributed by atoms with van der Waals surface area (Å²) in [7, 11) is 3.23. The van der Waals surface area contributed by atoms with Crippen LogP contribution in [0, 0.1) is 0 Å². The molecule has 2 fully saturated rings. The molecule has 2 aliphatic rings. The second-order valence-electron chi connectivity index (χ2n) is 9.88. The number of aromatic nitrogens is 5. The van der Waals surface area contributed by atoms with Crippen LogP contribution in [-0.4, -0.2) is 134 Å². The summed E-state index contributed by atoms with van der Waals surface area (Å²) in [6.07, 6.45) is 1.97. The minimum atomic E-state index is 0.342. The number of hydrogen-bond acceptors (Lipinski definition) is 15. The van der Waals surface area contributed by atoms with Crippen molar-refractivity contribution in [2.75, 3.05) is 115 Å². The second-order valence-corrected chi connectivity index (χ2v) is 10.7. The molecule has 0 radical (unpaired) electrons. The highest BCUT2D eigenvalue weighted by molar-refractivity contribution is 7.98. The molecule has 2 saturated heterocycles. The van der Waals surface area contributed by atoms with Crippen molar-refractivity contribution in [2.45, 2.75) is 5.03 Å². The molecular formula is C28H40N10O4S. The van der Waals surface area contributed by atoms with Gasteiger partial charge in [0.2, 0.25) is 23.8 Å². The topological polar surface area (TPSA) is 144 Å². The highest BCUT2D eigenvalue weighted by atomic mass is 32.2. The van der Waals surface area contributed by atoms with Gasteiger partial charge in [-0.05, 0) is 30.5 Å². The van der Waals surface area contributed by atoms with Crippen molar-refractivity contribution in [3.8, 4) is 22.8 Å². The number of nitrogens with one attached hydrogen (secondary N) is 3. The first kappa shape index (κ1) is 30.9. The van der Waals surface area contributed by atoms with Crippen LogP contribution in [0.5, 0.6) is 11.5 Å². The predicted octanol–water partition coefficient (Wildman–Crippen LogP) is 2.30. The molecule has 232 valence electrons. The van der Waals surface area contributed by atoms with E-state index in [0.29, 0.717) is 48.4 Å². The quantitative estimate of drug-likeness (QED) is 0.181. The molecule has 3 aromatic rings. The van der Waals surface area contributed by atoms with Crippen LogP contribution in [0.15, 0.2) is 29.3 Å². The Morgan fingerprint density at radius 2 is 1.28 bits per heavy atom. The molecule has 2 aliphatic heterocycles. The zero-order valence-corrected chi connectivity index (χ0v) is 25.8. The summed E-state index contributed by atoms with van der Waals surface area (Å²) in [6, 6.07) is 7.62. The van der Waals surface area contributed by atoms with E-state index >= 15 is 0 Å². The van der Waals surface area contributed by atoms with Crippen LogP contribution in [0.4, 0.5) is 23.8 Å². The maximum Gasteiger partial charge on any atom is 0.236 e. The van der Waals surface area contributed by atoms with Crippen molar-refractivity contribution in [1.29, 1.82) is 0 Å². The van der Waals surface area contributed by atoms with Crippen LogP contribution in [0.2, 0.25) is 0 Å². The van der Waals surface area contributed by atoms with E-state index in [2.05, 4.69) is 45.7 Å². The van der Waals surface area contributed by atoms with Gasteiger partial charge in [-0.1, -0.05) is 0 Å². The first-order valence-corrected chi connectivity index (χ1v) is 15.6. The monoisotopic (exact) mass is 612 g/mol. The first-order valence-electron chi connectivity index (χ1n) is 14.4. The number of anilines is 4. The lowest BCUT2D eigenvalue weighted by Crippen LogP contribution is -2.39. The van der Waals surface area contributed by atoms with Gasteiger partial charge in [0.25, 0.3) is 0 Å². The third-order valence-corrected chi connectivity index (χ3v) is 7.71. The van der Waals surface area contributed by atoms with Gasteiger partial charge in [0.1, 0.15) is 5.03 Å². The third-order valence-electron chi connectivity index (χ3n) is 7.08. The maximum absolute atomic E-state index is 5.50. The van der Waals surface area contributed by atoms with Gasteiger partial charge in [0, 0.05) is 57.9 Å². The van der Waals surface area contributed by atoms with Gasteiger partial charge in [-0.3, -0.25) is 15.1 Å². The SMILES string of the molecule is COc1ccc(-c2cc(SC)nc(Nc3nc(NCCN4CCOCC4)nc(NCCN4CCOCC4)n3)n2)cc1OC. The Balaban J connectivity index is 1.34. The summed E-state index contributed by atoms with van der Waals surface area (Å²) in [5.41, 5.74) is 1.59. The van der Waals surface area contributed by atoms with Gasteiger partial charge in [-0.2, -0.15) is 15.0 Å². The molecule has 0 amide bonds. The highest BCUT2D eigenvalue weighted by Crippen LogP contribution is 2.33. The zero-order chi connectivity index (χ0) is 29.9. The van der Waals surface area contributed by atoms with Crippen LogP contribution >= 0.6 is 11.8 Å². The number of morpholine rings is 2. The van der Waals surface area contributed by atoms with E-state index in [-0.39, 0.29) is 0 Å². The van der Waals surface area contributed by atoms with E-state index in [1.54, 1.807) is 14.2 Å². The number of rotatable bonds is 14. The second kappa shape index (κ2) is 15.8. The summed E-state index contributed by atoms with van der Waals surface area (Å²) in [5, 5.41) is 10.7. The summed E-state index contributed by atoms with van der Waals surface area (Å²) in [4.78, 5) is 28.1. The fourth-order valence-electron chi connectivity index (χ4n) is 4.72. The van der Waals surface area contributed by atoms with Crippen LogP contribution in [0.3, 0.4) is 0 Å². The Morgan fingerprint density at radius 3 is 1.84 bits per heavy atom. The number of methoxy groups -OCH3 is 2. The van der Waals surface area contributed by atoms with Crippen molar-refractivity contribution in [1.82, 2.24) is 34.7 Å². The normalized spacial score (nSPS) is 16.1. The fraction of sp³-hybridized carbons (Fsp3) is 0.536. The predicted molar refractivity (Wildman–Crippen MR) is 167 cm³/mol. The van der Waals surface area contributed by atoms with Crippen LogP contribution < -0.4 is 25.4 Å². The molecular weight excluding hydrogens is 572 g/mol. The molecule has 0 bridgehead atoms. The molecule has 0 unspecified atom stereocenters. The van der Waals surface area contributed by atoms with E-state index in [0.717, 1.165) is 82.0 Å². The van der Waals surface area contributed by atoms with E-state index in [1.165, 1.54) is 11.8 Å². The largest absolute Gasteiger partial charge is 0.493 e. The Hall–Kier alpha value is -3.50. The highest BCUT2D eigenvalue weighted by Gasteiger charge is 2.15. The summed E-state index contributed by atoms with van der Waals surface area (Å²) in [5.74, 6) is 2.94. The van der Waals surface area contributed by atoms with E-state index in [4.69, 9.17) is 23.9 Å². The first-order chi connectivity index (χ1) is 21.1. The molecule has 0 saturated carbocycles. The molecule has 43 heavy (non-hydrogen) atoms. The zero-order valence-electron chi connectivity index (χ0n) is 25.0. The van der Waals surface area contributed by atoms with Gasteiger partial charge in [-0.15, -0.1) is 11.8 Å². The Labute approximate surface area is 256 Å². The van der Waals surface area contributed by atoms with E-state index < -0.39 is 0 Å². The summed E-state index contributed by atoms with van der Waals surface area (Å²) in [6.45, 7) is 9.85. The lowest BCUT2D eigenvalue weighted by atomic mass is 10.1. The van der Waals surface area contributed by atoms with Gasteiger partial charge >= 0.3 is 0 Å². The minimum absolute atomic E-state index is 0.342. The van der Waals surface area contributed by atoms with Gasteiger partial charge < -0.3 is 29.6 Å². The van der Waals surface area contributed by atoms with Gasteiger partial charge in [0.05, 0.1) is 46.3 Å².